The summed E-state index contributed by atoms with van der Waals surface area (Å²) in [5, 5.41) is 11.5. The van der Waals surface area contributed by atoms with E-state index in [1.54, 1.807) is 11.3 Å². The summed E-state index contributed by atoms with van der Waals surface area (Å²) in [6, 6.07) is 5.98. The third-order valence-corrected chi connectivity index (χ3v) is 4.40. The maximum Gasteiger partial charge on any atom is 0.191 e. The van der Waals surface area contributed by atoms with E-state index in [0.29, 0.717) is 11.1 Å². The molecule has 2 heterocycles. The Labute approximate surface area is 147 Å². The zero-order valence-corrected chi connectivity index (χ0v) is 15.1. The van der Waals surface area contributed by atoms with Crippen LogP contribution >= 0.6 is 22.9 Å². The van der Waals surface area contributed by atoms with E-state index >= 15 is 0 Å². The predicted molar refractivity (Wildman–Crippen MR) is 99.7 cm³/mol. The molecule has 2 rings (SSSR count). The van der Waals surface area contributed by atoms with Gasteiger partial charge in [-0.15, -0.1) is 0 Å². The Kier molecular flexibility index (Phi) is 7.36. The normalized spacial score (nSPS) is 12.9. The largest absolute Gasteiger partial charge is 0.357 e. The van der Waals surface area contributed by atoms with Crippen molar-refractivity contribution in [3.05, 3.63) is 51.4 Å². The number of thiophene rings is 1. The number of nitrogens with zero attached hydrogens (tertiary/aromatic N) is 2. The quantitative estimate of drug-likeness (QED) is 0.455. The van der Waals surface area contributed by atoms with Gasteiger partial charge in [0.2, 0.25) is 0 Å². The first-order valence-corrected chi connectivity index (χ1v) is 9.15. The molecule has 0 saturated heterocycles. The second-order valence-corrected chi connectivity index (χ2v) is 6.51. The first-order chi connectivity index (χ1) is 11.2. The Balaban J connectivity index is 1.82. The molecule has 4 nitrogen and oxygen atoms in total. The Bertz CT molecular complexity index is 596. The van der Waals surface area contributed by atoms with E-state index in [1.165, 1.54) is 5.56 Å². The maximum absolute atomic E-state index is 5.80. The van der Waals surface area contributed by atoms with E-state index in [9.17, 15) is 0 Å². The number of guanidine groups is 1. The fraction of sp³-hybridized carbons (Fsp3) is 0.412. The van der Waals surface area contributed by atoms with E-state index in [1.807, 2.05) is 18.3 Å². The highest BCUT2D eigenvalue weighted by Crippen LogP contribution is 2.18. The molecule has 1 unspecified atom stereocenters. The van der Waals surface area contributed by atoms with E-state index < -0.39 is 0 Å². The summed E-state index contributed by atoms with van der Waals surface area (Å²) < 4.78 is 0. The molecule has 0 bridgehead atoms. The lowest BCUT2D eigenvalue weighted by molar-refractivity contribution is 0.747. The molecule has 0 aliphatic rings. The van der Waals surface area contributed by atoms with Gasteiger partial charge in [-0.1, -0.05) is 24.6 Å². The Morgan fingerprint density at radius 1 is 1.35 bits per heavy atom. The van der Waals surface area contributed by atoms with Crippen molar-refractivity contribution < 1.29 is 0 Å². The molecule has 0 aromatic carbocycles. The number of aromatic nitrogens is 1. The lowest BCUT2D eigenvalue weighted by Crippen LogP contribution is -2.38. The van der Waals surface area contributed by atoms with Crippen LogP contribution in [0.3, 0.4) is 0 Å². The van der Waals surface area contributed by atoms with E-state index in [4.69, 9.17) is 11.6 Å². The molecule has 0 fully saturated rings. The average molecular weight is 351 g/mol. The van der Waals surface area contributed by atoms with Gasteiger partial charge in [0.05, 0.1) is 0 Å². The van der Waals surface area contributed by atoms with Gasteiger partial charge in [-0.05, 0) is 47.4 Å². The molecule has 0 saturated carbocycles. The van der Waals surface area contributed by atoms with Crippen molar-refractivity contribution in [3.8, 4) is 0 Å². The summed E-state index contributed by atoms with van der Waals surface area (Å²) in [7, 11) is 0. The predicted octanol–water partition coefficient (Wildman–Crippen LogP) is 3.70. The van der Waals surface area contributed by atoms with Crippen LogP contribution in [-0.2, 0) is 6.42 Å². The number of pyridine rings is 1. The first kappa shape index (κ1) is 17.8. The summed E-state index contributed by atoms with van der Waals surface area (Å²) in [6.07, 6.45) is 2.70. The molecule has 6 heteroatoms. The van der Waals surface area contributed by atoms with Gasteiger partial charge in [-0.2, -0.15) is 11.3 Å². The molecule has 2 N–H and O–H groups in total. The van der Waals surface area contributed by atoms with Gasteiger partial charge in [0, 0.05) is 31.7 Å². The highest BCUT2D eigenvalue weighted by Gasteiger charge is 2.06. The molecule has 2 aromatic heterocycles. The first-order valence-electron chi connectivity index (χ1n) is 7.83. The number of rotatable bonds is 7. The van der Waals surface area contributed by atoms with Crippen LogP contribution in [0.5, 0.6) is 0 Å². The van der Waals surface area contributed by atoms with Gasteiger partial charge in [0.1, 0.15) is 5.15 Å². The van der Waals surface area contributed by atoms with Crippen LogP contribution in [0.4, 0.5) is 0 Å². The molecule has 0 radical (unpaired) electrons. The monoisotopic (exact) mass is 350 g/mol. The van der Waals surface area contributed by atoms with Crippen LogP contribution in [-0.4, -0.2) is 30.6 Å². The molecule has 0 spiro atoms. The van der Waals surface area contributed by atoms with Crippen molar-refractivity contribution >= 4 is 28.9 Å². The van der Waals surface area contributed by atoms with Gasteiger partial charge < -0.3 is 10.6 Å². The van der Waals surface area contributed by atoms with Crippen LogP contribution in [0.15, 0.2) is 40.1 Å². The van der Waals surface area contributed by atoms with Crippen molar-refractivity contribution in [2.75, 3.05) is 19.6 Å². The highest BCUT2D eigenvalue weighted by atomic mass is 35.5. The van der Waals surface area contributed by atoms with Crippen LogP contribution in [0.25, 0.3) is 0 Å². The maximum atomic E-state index is 5.80. The van der Waals surface area contributed by atoms with Gasteiger partial charge in [0.15, 0.2) is 5.96 Å². The van der Waals surface area contributed by atoms with Crippen molar-refractivity contribution in [2.45, 2.75) is 26.2 Å². The Morgan fingerprint density at radius 2 is 2.22 bits per heavy atom. The highest BCUT2D eigenvalue weighted by molar-refractivity contribution is 7.07. The zero-order valence-electron chi connectivity index (χ0n) is 13.6. The minimum absolute atomic E-state index is 0.428. The Hall–Kier alpha value is -1.59. The zero-order chi connectivity index (χ0) is 16.5. The van der Waals surface area contributed by atoms with Crippen LogP contribution in [0.1, 0.15) is 30.9 Å². The van der Waals surface area contributed by atoms with Crippen molar-refractivity contribution in [3.63, 3.8) is 0 Å². The van der Waals surface area contributed by atoms with Crippen molar-refractivity contribution in [1.82, 2.24) is 15.6 Å². The van der Waals surface area contributed by atoms with Crippen LogP contribution < -0.4 is 10.6 Å². The molecule has 124 valence electrons. The van der Waals surface area contributed by atoms with E-state index in [-0.39, 0.29) is 0 Å². The van der Waals surface area contributed by atoms with Crippen molar-refractivity contribution in [1.29, 1.82) is 0 Å². The minimum atomic E-state index is 0.428. The molecular formula is C17H23ClN4S. The van der Waals surface area contributed by atoms with E-state index in [2.05, 4.69) is 51.3 Å². The summed E-state index contributed by atoms with van der Waals surface area (Å²) in [6.45, 7) is 6.70. The Morgan fingerprint density at radius 3 is 2.87 bits per heavy atom. The topological polar surface area (TPSA) is 49.3 Å². The summed E-state index contributed by atoms with van der Waals surface area (Å²) in [5.74, 6) is 1.29. The molecular weight excluding hydrogens is 328 g/mol. The van der Waals surface area contributed by atoms with Gasteiger partial charge >= 0.3 is 0 Å². The molecule has 23 heavy (non-hydrogen) atoms. The molecule has 0 aliphatic heterocycles. The molecule has 0 amide bonds. The lowest BCUT2D eigenvalue weighted by Gasteiger charge is -2.13. The number of nitrogens with one attached hydrogen (secondary N) is 2. The average Bonchev–Trinajstić information content (AvgIpc) is 3.08. The summed E-state index contributed by atoms with van der Waals surface area (Å²) >= 11 is 7.53. The summed E-state index contributed by atoms with van der Waals surface area (Å²) in [4.78, 5) is 8.77. The second-order valence-electron chi connectivity index (χ2n) is 5.34. The fourth-order valence-corrected chi connectivity index (χ4v) is 3.00. The third kappa shape index (κ3) is 6.20. The number of hydrogen-bond donors (Lipinski definition) is 2. The van der Waals surface area contributed by atoms with E-state index in [0.717, 1.165) is 37.6 Å². The summed E-state index contributed by atoms with van der Waals surface area (Å²) in [5.41, 5.74) is 2.51. The van der Waals surface area contributed by atoms with Gasteiger partial charge in [0.25, 0.3) is 0 Å². The van der Waals surface area contributed by atoms with Gasteiger partial charge in [-0.3, -0.25) is 4.99 Å². The van der Waals surface area contributed by atoms with Gasteiger partial charge in [-0.25, -0.2) is 4.98 Å². The number of halogens is 1. The third-order valence-electron chi connectivity index (χ3n) is 3.47. The smallest absolute Gasteiger partial charge is 0.191 e. The van der Waals surface area contributed by atoms with Crippen LogP contribution in [0.2, 0.25) is 5.15 Å². The minimum Gasteiger partial charge on any atom is -0.357 e. The number of hydrogen-bond acceptors (Lipinski definition) is 3. The lowest BCUT2D eigenvalue weighted by atomic mass is 10.1. The second kappa shape index (κ2) is 9.53. The van der Waals surface area contributed by atoms with Crippen molar-refractivity contribution in [2.24, 2.45) is 4.99 Å². The molecule has 1 atom stereocenters. The SMILES string of the molecule is CCNC(=NCC(C)c1ccsc1)NCCc1ccc(Cl)nc1. The van der Waals surface area contributed by atoms with Crippen LogP contribution in [0, 0.1) is 0 Å². The molecule has 2 aromatic rings. The molecule has 0 aliphatic carbocycles. The number of aliphatic imine (C=N–C) groups is 1. The fourth-order valence-electron chi connectivity index (χ4n) is 2.11. The standard InChI is InChI=1S/C17H23ClN4S/c1-3-19-17(22-10-13(2)15-7-9-23-12-15)20-8-6-14-4-5-16(18)21-11-14/h4-5,7,9,11-13H,3,6,8,10H2,1-2H3,(H2,19,20,22).